The van der Waals surface area contributed by atoms with Gasteiger partial charge in [0.1, 0.15) is 12.7 Å². The SMILES string of the molecule is CCCCC[C@@H](O)/C=C/C=C\C=C\C=C\[C@@H](O)[C@H](O)CCCC(=O)OC[C@H](COP(=O)(O)OC[C@@H](O)COP(=O)(O)O)OC(=O)CCCCCCCCCCCCCCCCCC(C)C. The van der Waals surface area contributed by atoms with Crippen molar-refractivity contribution in [1.29, 1.82) is 0 Å². The summed E-state index contributed by atoms with van der Waals surface area (Å²) in [6, 6.07) is 0. The van der Waals surface area contributed by atoms with Gasteiger partial charge >= 0.3 is 27.6 Å². The van der Waals surface area contributed by atoms with E-state index in [1.165, 1.54) is 76.7 Å². The molecule has 1 unspecified atom stereocenters. The average Bonchev–Trinajstić information content (AvgIpc) is 3.24. The summed E-state index contributed by atoms with van der Waals surface area (Å²) in [5.74, 6) is -0.557. The number of esters is 2. The highest BCUT2D eigenvalue weighted by molar-refractivity contribution is 7.47. The number of hydrogen-bond donors (Lipinski definition) is 7. The first kappa shape index (κ1) is 63.0. The van der Waals surface area contributed by atoms with E-state index in [1.54, 1.807) is 42.5 Å². The third kappa shape index (κ3) is 44.2. The minimum absolute atomic E-state index is 0.0595. The first-order valence-corrected chi connectivity index (χ1v) is 27.0. The molecule has 0 aromatic heterocycles. The molecule has 0 bridgehead atoms. The Balaban J connectivity index is 4.74. The number of rotatable bonds is 44. The van der Waals surface area contributed by atoms with Crippen molar-refractivity contribution in [2.24, 2.45) is 5.92 Å². The van der Waals surface area contributed by atoms with Gasteiger partial charge in [0.2, 0.25) is 0 Å². The van der Waals surface area contributed by atoms with E-state index in [4.69, 9.17) is 23.8 Å². The summed E-state index contributed by atoms with van der Waals surface area (Å²) in [4.78, 5) is 52.9. The van der Waals surface area contributed by atoms with E-state index in [0.717, 1.165) is 57.3 Å². The van der Waals surface area contributed by atoms with E-state index in [2.05, 4.69) is 29.8 Å². The van der Waals surface area contributed by atoms with E-state index in [9.17, 15) is 44.0 Å². The largest absolute Gasteiger partial charge is 0.472 e. The third-order valence-electron chi connectivity index (χ3n) is 10.3. The van der Waals surface area contributed by atoms with E-state index in [1.807, 2.05) is 0 Å². The minimum atomic E-state index is -4.90. The standard InChI is InChI=1S/C47H86O16P2/c1-4-5-23-30-41(48)31-25-20-17-18-21-26-32-44(50)45(51)33-28-35-46(52)59-38-43(39-62-65(57,58)61-37-42(49)36-60-64(54,55)56)63-47(53)34-27-22-16-14-12-10-8-6-7-9-11-13-15-19-24-29-40(2)3/h17-18,20-21,25-26,31-32,40-45,48-51H,4-16,19,22-24,27-30,33-39H2,1-3H3,(H,57,58)(H2,54,55,56)/b20-17-,21-18+,31-25+,32-26+/t41-,42+,43-,44-,45-/m1/s1. The van der Waals surface area contributed by atoms with Gasteiger partial charge in [-0.05, 0) is 31.6 Å². The zero-order valence-electron chi connectivity index (χ0n) is 39.6. The molecule has 0 aliphatic carbocycles. The molecule has 18 heteroatoms. The monoisotopic (exact) mass is 969 g/mol. The zero-order valence-corrected chi connectivity index (χ0v) is 41.4. The number of ether oxygens (including phenoxy) is 2. The minimum Gasteiger partial charge on any atom is -0.462 e. The van der Waals surface area contributed by atoms with E-state index < -0.39 is 84.5 Å². The van der Waals surface area contributed by atoms with Crippen LogP contribution in [0.4, 0.5) is 0 Å². The number of carbonyl (C=O) groups excluding carboxylic acids is 2. The van der Waals surface area contributed by atoms with Crippen LogP contribution in [0.5, 0.6) is 0 Å². The van der Waals surface area contributed by atoms with Crippen LogP contribution in [0.1, 0.15) is 175 Å². The van der Waals surface area contributed by atoms with Gasteiger partial charge in [-0.1, -0.05) is 185 Å². The molecule has 0 aliphatic rings. The van der Waals surface area contributed by atoms with Crippen molar-refractivity contribution in [3.63, 3.8) is 0 Å². The smallest absolute Gasteiger partial charge is 0.462 e. The predicted molar refractivity (Wildman–Crippen MR) is 252 cm³/mol. The lowest BCUT2D eigenvalue weighted by Gasteiger charge is -2.20. The molecule has 65 heavy (non-hydrogen) atoms. The highest BCUT2D eigenvalue weighted by atomic mass is 31.2. The normalized spacial score (nSPS) is 15.9. The van der Waals surface area contributed by atoms with Gasteiger partial charge in [-0.3, -0.25) is 23.2 Å². The summed E-state index contributed by atoms with van der Waals surface area (Å²) in [5.41, 5.74) is 0. The maximum Gasteiger partial charge on any atom is 0.472 e. The first-order valence-electron chi connectivity index (χ1n) is 24.0. The average molecular weight is 969 g/mol. The maximum atomic E-state index is 12.7. The van der Waals surface area contributed by atoms with Crippen molar-refractivity contribution in [2.75, 3.05) is 26.4 Å². The molecular weight excluding hydrogens is 882 g/mol. The molecule has 0 aliphatic heterocycles. The van der Waals surface area contributed by atoms with Crippen LogP contribution in [-0.2, 0) is 41.8 Å². The Morgan fingerprint density at radius 1 is 0.523 bits per heavy atom. The Labute approximate surface area is 389 Å². The number of aliphatic hydroxyl groups is 4. The highest BCUT2D eigenvalue weighted by Gasteiger charge is 2.28. The summed E-state index contributed by atoms with van der Waals surface area (Å²) in [5, 5.41) is 40.3. The molecular formula is C47H86O16P2. The summed E-state index contributed by atoms with van der Waals surface area (Å²) in [6.07, 6.45) is 30.4. The van der Waals surface area contributed by atoms with Gasteiger partial charge in [-0.25, -0.2) is 9.13 Å². The molecule has 16 nitrogen and oxygen atoms in total. The third-order valence-corrected chi connectivity index (χ3v) is 11.7. The number of phosphoric acid groups is 2. The highest BCUT2D eigenvalue weighted by Crippen LogP contribution is 2.44. The fourth-order valence-corrected chi connectivity index (χ4v) is 7.60. The summed E-state index contributed by atoms with van der Waals surface area (Å²) < 4.78 is 47.6. The molecule has 0 saturated heterocycles. The Morgan fingerprint density at radius 2 is 1.00 bits per heavy atom. The van der Waals surface area contributed by atoms with E-state index in [-0.39, 0.29) is 25.7 Å². The van der Waals surface area contributed by atoms with Gasteiger partial charge < -0.3 is 44.6 Å². The maximum absolute atomic E-state index is 12.7. The van der Waals surface area contributed by atoms with Gasteiger partial charge in [0.25, 0.3) is 0 Å². The van der Waals surface area contributed by atoms with Crippen LogP contribution < -0.4 is 0 Å². The van der Waals surface area contributed by atoms with Crippen molar-refractivity contribution < 1.29 is 76.9 Å². The fraction of sp³-hybridized carbons (Fsp3) is 0.787. The number of unbranched alkanes of at least 4 members (excludes halogenated alkanes) is 16. The molecule has 0 spiro atoms. The van der Waals surface area contributed by atoms with Gasteiger partial charge in [0.15, 0.2) is 6.10 Å². The van der Waals surface area contributed by atoms with Crippen molar-refractivity contribution >= 4 is 27.6 Å². The van der Waals surface area contributed by atoms with Crippen molar-refractivity contribution in [3.05, 3.63) is 48.6 Å². The van der Waals surface area contributed by atoms with Crippen LogP contribution in [0.2, 0.25) is 0 Å². The second-order valence-corrected chi connectivity index (χ2v) is 19.8. The van der Waals surface area contributed by atoms with Crippen LogP contribution >= 0.6 is 15.6 Å². The van der Waals surface area contributed by atoms with Gasteiger partial charge in [-0.15, -0.1) is 0 Å². The fourth-order valence-electron chi connectivity index (χ4n) is 6.45. The number of carbonyl (C=O) groups is 2. The molecule has 0 heterocycles. The second kappa shape index (κ2) is 41.0. The van der Waals surface area contributed by atoms with Crippen molar-refractivity contribution in [2.45, 2.75) is 205 Å². The summed E-state index contributed by atoms with van der Waals surface area (Å²) in [7, 11) is -9.80. The molecule has 0 fully saturated rings. The summed E-state index contributed by atoms with van der Waals surface area (Å²) >= 11 is 0. The van der Waals surface area contributed by atoms with Crippen molar-refractivity contribution in [1.82, 2.24) is 0 Å². The van der Waals surface area contributed by atoms with Crippen LogP contribution in [0.3, 0.4) is 0 Å². The Kier molecular flexibility index (Phi) is 39.7. The number of allylic oxidation sites excluding steroid dienone is 6. The van der Waals surface area contributed by atoms with Gasteiger partial charge in [0, 0.05) is 12.8 Å². The molecule has 0 saturated carbocycles. The van der Waals surface area contributed by atoms with Gasteiger partial charge in [0.05, 0.1) is 38.1 Å². The Bertz CT molecular complexity index is 1400. The predicted octanol–water partition coefficient (Wildman–Crippen LogP) is 9.39. The number of phosphoric ester groups is 2. The second-order valence-electron chi connectivity index (χ2n) is 17.1. The van der Waals surface area contributed by atoms with E-state index >= 15 is 0 Å². The molecule has 0 aromatic carbocycles. The molecule has 0 rings (SSSR count). The van der Waals surface area contributed by atoms with Crippen LogP contribution in [0.15, 0.2) is 48.6 Å². The molecule has 380 valence electrons. The van der Waals surface area contributed by atoms with Gasteiger partial charge in [-0.2, -0.15) is 0 Å². The van der Waals surface area contributed by atoms with Crippen LogP contribution in [0, 0.1) is 5.92 Å². The topological polar surface area (TPSA) is 256 Å². The van der Waals surface area contributed by atoms with Crippen LogP contribution in [-0.4, -0.2) is 104 Å². The number of aliphatic hydroxyl groups excluding tert-OH is 4. The molecule has 7 N–H and O–H groups in total. The van der Waals surface area contributed by atoms with Crippen molar-refractivity contribution in [3.8, 4) is 0 Å². The van der Waals surface area contributed by atoms with E-state index in [0.29, 0.717) is 6.42 Å². The Hall–Kier alpha value is -2.04. The Morgan fingerprint density at radius 3 is 1.55 bits per heavy atom. The molecule has 0 aromatic rings. The lowest BCUT2D eigenvalue weighted by atomic mass is 10.0. The lowest BCUT2D eigenvalue weighted by molar-refractivity contribution is -0.161. The number of hydrogen-bond acceptors (Lipinski definition) is 13. The molecule has 6 atom stereocenters. The lowest BCUT2D eigenvalue weighted by Crippen LogP contribution is -2.30. The quantitative estimate of drug-likeness (QED) is 0.0130. The van der Waals surface area contributed by atoms with Crippen LogP contribution in [0.25, 0.3) is 0 Å². The first-order chi connectivity index (χ1) is 30.9. The molecule has 0 radical (unpaired) electrons. The summed E-state index contributed by atoms with van der Waals surface area (Å²) in [6.45, 7) is 3.61. The molecule has 0 amide bonds. The zero-order chi connectivity index (χ0) is 48.6.